The van der Waals surface area contributed by atoms with Gasteiger partial charge in [-0.15, -0.1) is 24.0 Å². The predicted molar refractivity (Wildman–Crippen MR) is 126 cm³/mol. The minimum Gasteiger partial charge on any atom is -0.355 e. The third-order valence-electron chi connectivity index (χ3n) is 4.79. The van der Waals surface area contributed by atoms with Crippen molar-refractivity contribution in [1.29, 1.82) is 0 Å². The predicted octanol–water partition coefficient (Wildman–Crippen LogP) is 2.70. The first-order chi connectivity index (χ1) is 12.3. The van der Waals surface area contributed by atoms with E-state index in [1.807, 2.05) is 6.92 Å². The number of nitrogens with zero attached hydrogens (tertiary/aromatic N) is 3. The highest BCUT2D eigenvalue weighted by Crippen LogP contribution is 2.17. The molecular formula is C20H40IN5O. The van der Waals surface area contributed by atoms with Crippen molar-refractivity contribution in [3.63, 3.8) is 0 Å². The summed E-state index contributed by atoms with van der Waals surface area (Å²) in [6, 6.07) is 0.467. The molecule has 1 fully saturated rings. The molecule has 1 saturated heterocycles. The second-order valence-electron chi connectivity index (χ2n) is 7.91. The summed E-state index contributed by atoms with van der Waals surface area (Å²) in [5, 5.41) is 6.73. The van der Waals surface area contributed by atoms with E-state index in [0.29, 0.717) is 24.5 Å². The maximum atomic E-state index is 11.9. The molecule has 0 aliphatic carbocycles. The van der Waals surface area contributed by atoms with Gasteiger partial charge >= 0.3 is 0 Å². The lowest BCUT2D eigenvalue weighted by Gasteiger charge is -2.34. The number of guanidine groups is 1. The smallest absolute Gasteiger partial charge is 0.243 e. The topological polar surface area (TPSA) is 60.0 Å². The van der Waals surface area contributed by atoms with Crippen LogP contribution in [0.1, 0.15) is 46.5 Å². The van der Waals surface area contributed by atoms with Gasteiger partial charge in [-0.3, -0.25) is 9.69 Å². The van der Waals surface area contributed by atoms with E-state index in [2.05, 4.69) is 41.0 Å². The molecule has 1 amide bonds. The quantitative estimate of drug-likeness (QED) is 0.236. The molecule has 0 aromatic heterocycles. The fraction of sp³-hybridized carbons (Fsp3) is 0.800. The Morgan fingerprint density at radius 3 is 2.22 bits per heavy atom. The normalized spacial score (nSPS) is 16.9. The van der Waals surface area contributed by atoms with Crippen LogP contribution in [0.2, 0.25) is 0 Å². The summed E-state index contributed by atoms with van der Waals surface area (Å²) in [6.45, 7) is 14.4. The van der Waals surface area contributed by atoms with Gasteiger partial charge < -0.3 is 15.5 Å². The molecule has 27 heavy (non-hydrogen) atoms. The Hall–Kier alpha value is -0.830. The van der Waals surface area contributed by atoms with Crippen LogP contribution < -0.4 is 10.6 Å². The van der Waals surface area contributed by atoms with E-state index in [0.717, 1.165) is 12.1 Å². The molecule has 0 radical (unpaired) electrons. The van der Waals surface area contributed by atoms with Gasteiger partial charge in [0.15, 0.2) is 5.96 Å². The summed E-state index contributed by atoms with van der Waals surface area (Å²) in [5.41, 5.74) is 1.03. The molecule has 158 valence electrons. The molecule has 7 heteroatoms. The number of hydrogen-bond donors (Lipinski definition) is 2. The van der Waals surface area contributed by atoms with Gasteiger partial charge in [0.2, 0.25) is 5.91 Å². The van der Waals surface area contributed by atoms with E-state index >= 15 is 0 Å². The zero-order chi connectivity index (χ0) is 19.5. The summed E-state index contributed by atoms with van der Waals surface area (Å²) in [4.78, 5) is 20.5. The first-order valence-corrected chi connectivity index (χ1v) is 9.92. The molecule has 1 atom stereocenters. The monoisotopic (exact) mass is 493 g/mol. The lowest BCUT2D eigenvalue weighted by molar-refractivity contribution is -0.127. The summed E-state index contributed by atoms with van der Waals surface area (Å²) >= 11 is 0. The van der Waals surface area contributed by atoms with Gasteiger partial charge in [-0.05, 0) is 38.8 Å². The number of carbonyl (C=O) groups excluding carboxylic acids is 1. The van der Waals surface area contributed by atoms with Crippen LogP contribution >= 0.6 is 24.0 Å². The van der Waals surface area contributed by atoms with Gasteiger partial charge in [0, 0.05) is 33.2 Å². The lowest BCUT2D eigenvalue weighted by Crippen LogP contribution is -2.50. The molecule has 0 aromatic rings. The number of likely N-dealkylation sites (N-methyl/N-ethyl adjacent to an activating group) is 1. The molecule has 0 bridgehead atoms. The second kappa shape index (κ2) is 14.2. The van der Waals surface area contributed by atoms with Crippen LogP contribution in [0.25, 0.3) is 0 Å². The summed E-state index contributed by atoms with van der Waals surface area (Å²) in [7, 11) is 3.50. The van der Waals surface area contributed by atoms with E-state index in [4.69, 9.17) is 0 Å². The number of halogens is 1. The van der Waals surface area contributed by atoms with Gasteiger partial charge in [0.05, 0.1) is 0 Å². The Balaban J connectivity index is 0.00000676. The van der Waals surface area contributed by atoms with Gasteiger partial charge in [0.25, 0.3) is 0 Å². The van der Waals surface area contributed by atoms with E-state index in [1.54, 1.807) is 19.0 Å². The van der Waals surface area contributed by atoms with Crippen LogP contribution in [0.15, 0.2) is 17.1 Å². The van der Waals surface area contributed by atoms with Crippen molar-refractivity contribution >= 4 is 35.8 Å². The van der Waals surface area contributed by atoms with Crippen molar-refractivity contribution in [3.8, 4) is 0 Å². The standard InChI is InChI=1S/C20H39N5O.HI/c1-16(2)13-21-20(23-15-19(26)24(5)6)22-14-18(17(3)4)25-11-9-7-8-10-12-25;/h17-18H,1,7-15H2,2-6H3,(H2,21,22,23);1H. The van der Waals surface area contributed by atoms with Crippen LogP contribution in [0.3, 0.4) is 0 Å². The van der Waals surface area contributed by atoms with Crippen molar-refractivity contribution in [2.75, 3.05) is 46.8 Å². The molecule has 1 heterocycles. The van der Waals surface area contributed by atoms with Gasteiger partial charge in [-0.1, -0.05) is 38.8 Å². The summed E-state index contributed by atoms with van der Waals surface area (Å²) in [5.74, 6) is 1.24. The molecule has 1 aliphatic heterocycles. The Kier molecular flexibility index (Phi) is 13.8. The van der Waals surface area contributed by atoms with Gasteiger partial charge in [-0.2, -0.15) is 0 Å². The highest BCUT2D eigenvalue weighted by atomic mass is 127. The zero-order valence-electron chi connectivity index (χ0n) is 17.9. The summed E-state index contributed by atoms with van der Waals surface area (Å²) in [6.07, 6.45) is 5.26. The molecule has 6 nitrogen and oxygen atoms in total. The van der Waals surface area contributed by atoms with E-state index in [9.17, 15) is 4.79 Å². The average Bonchev–Trinajstić information content (AvgIpc) is 2.85. The molecule has 0 saturated carbocycles. The van der Waals surface area contributed by atoms with Gasteiger partial charge in [0.1, 0.15) is 6.54 Å². The molecule has 0 aromatic carbocycles. The first kappa shape index (κ1) is 26.2. The maximum absolute atomic E-state index is 11.9. The Bertz CT molecular complexity index is 471. The molecule has 1 unspecified atom stereocenters. The van der Waals surface area contributed by atoms with E-state index in [1.165, 1.54) is 38.8 Å². The number of likely N-dealkylation sites (tertiary alicyclic amines) is 1. The Morgan fingerprint density at radius 1 is 1.15 bits per heavy atom. The average molecular weight is 493 g/mol. The van der Waals surface area contributed by atoms with Crippen molar-refractivity contribution in [1.82, 2.24) is 20.4 Å². The van der Waals surface area contributed by atoms with Gasteiger partial charge in [-0.25, -0.2) is 4.99 Å². The Labute approximate surface area is 183 Å². The highest BCUT2D eigenvalue weighted by Gasteiger charge is 2.23. The SMILES string of the molecule is C=C(C)CNC(=NCC(=O)N(C)C)NCC(C(C)C)N1CCCCCC1.I. The number of carbonyl (C=O) groups is 1. The molecular weight excluding hydrogens is 453 g/mol. The number of amides is 1. The second-order valence-corrected chi connectivity index (χ2v) is 7.91. The minimum atomic E-state index is -0.00523. The largest absolute Gasteiger partial charge is 0.355 e. The minimum absolute atomic E-state index is 0. The maximum Gasteiger partial charge on any atom is 0.243 e. The summed E-state index contributed by atoms with van der Waals surface area (Å²) < 4.78 is 0. The number of nitrogens with one attached hydrogen (secondary N) is 2. The van der Waals surface area contributed by atoms with E-state index in [-0.39, 0.29) is 36.4 Å². The van der Waals surface area contributed by atoms with Crippen molar-refractivity contribution in [2.45, 2.75) is 52.5 Å². The molecule has 1 aliphatic rings. The van der Waals surface area contributed by atoms with Crippen molar-refractivity contribution in [3.05, 3.63) is 12.2 Å². The van der Waals surface area contributed by atoms with Crippen LogP contribution in [-0.2, 0) is 4.79 Å². The number of aliphatic imine (C=N–C) groups is 1. The van der Waals surface area contributed by atoms with Crippen LogP contribution in [-0.4, -0.2) is 74.5 Å². The zero-order valence-corrected chi connectivity index (χ0v) is 20.2. The fourth-order valence-electron chi connectivity index (χ4n) is 3.11. The van der Waals surface area contributed by atoms with Crippen molar-refractivity contribution in [2.24, 2.45) is 10.9 Å². The van der Waals surface area contributed by atoms with Crippen LogP contribution in [0, 0.1) is 5.92 Å². The molecule has 2 N–H and O–H groups in total. The highest BCUT2D eigenvalue weighted by molar-refractivity contribution is 14.0. The third kappa shape index (κ3) is 10.9. The number of rotatable bonds is 8. The number of hydrogen-bond acceptors (Lipinski definition) is 3. The lowest BCUT2D eigenvalue weighted by atomic mass is 10.0. The van der Waals surface area contributed by atoms with Crippen LogP contribution in [0.5, 0.6) is 0 Å². The molecule has 0 spiro atoms. The third-order valence-corrected chi connectivity index (χ3v) is 4.79. The fourth-order valence-corrected chi connectivity index (χ4v) is 3.11. The molecule has 1 rings (SSSR count). The van der Waals surface area contributed by atoms with Crippen molar-refractivity contribution < 1.29 is 4.79 Å². The van der Waals surface area contributed by atoms with E-state index < -0.39 is 0 Å². The Morgan fingerprint density at radius 2 is 1.74 bits per heavy atom. The first-order valence-electron chi connectivity index (χ1n) is 9.92. The van der Waals surface area contributed by atoms with Crippen LogP contribution in [0.4, 0.5) is 0 Å².